The van der Waals surface area contributed by atoms with Gasteiger partial charge in [-0.2, -0.15) is 26.3 Å². The third kappa shape index (κ3) is 5.93. The number of hydrogen-bond donors (Lipinski definition) is 0. The maximum absolute atomic E-state index is 14.2. The van der Waals surface area contributed by atoms with E-state index in [9.17, 15) is 31.1 Å². The number of benzene rings is 3. The minimum atomic E-state index is -5.01. The van der Waals surface area contributed by atoms with E-state index in [1.165, 1.54) is 25.9 Å². The average Bonchev–Trinajstić information content (AvgIpc) is 3.44. The third-order valence-corrected chi connectivity index (χ3v) is 7.77. The molecule has 0 aliphatic carbocycles. The van der Waals surface area contributed by atoms with Gasteiger partial charge in [-0.25, -0.2) is 0 Å². The van der Waals surface area contributed by atoms with Crippen molar-refractivity contribution in [2.75, 3.05) is 33.9 Å². The predicted octanol–water partition coefficient (Wildman–Crippen LogP) is 7.39. The molecule has 0 N–H and O–H groups in total. The zero-order valence-corrected chi connectivity index (χ0v) is 23.6. The molecule has 1 atom stereocenters. The normalized spacial score (nSPS) is 13.8. The van der Waals surface area contributed by atoms with Gasteiger partial charge in [0, 0.05) is 23.3 Å². The number of hydrogen-bond acceptors (Lipinski definition) is 7. The van der Waals surface area contributed by atoms with Crippen LogP contribution in [0.3, 0.4) is 0 Å². The van der Waals surface area contributed by atoms with Gasteiger partial charge in [0.25, 0.3) is 5.56 Å². The molecule has 7 nitrogen and oxygen atoms in total. The molecule has 0 amide bonds. The molecular formula is C29H23F6NO6S. The molecule has 2 heterocycles. The van der Waals surface area contributed by atoms with E-state index in [1.54, 1.807) is 36.4 Å². The highest BCUT2D eigenvalue weighted by atomic mass is 32.2. The lowest BCUT2D eigenvalue weighted by atomic mass is 10.0. The number of pyridine rings is 1. The zero-order valence-electron chi connectivity index (χ0n) is 22.8. The van der Waals surface area contributed by atoms with Gasteiger partial charge in [0.05, 0.1) is 36.4 Å². The van der Waals surface area contributed by atoms with Crippen molar-refractivity contribution in [2.24, 2.45) is 0 Å². The topological polar surface area (TPSA) is 68.2 Å². The molecule has 1 aromatic heterocycles. The Kier molecular flexibility index (Phi) is 8.18. The van der Waals surface area contributed by atoms with E-state index in [0.29, 0.717) is 52.0 Å². The number of thioether (sulfide) groups is 1. The molecule has 0 fully saturated rings. The van der Waals surface area contributed by atoms with E-state index in [-0.39, 0.29) is 40.4 Å². The largest absolute Gasteiger partial charge is 0.493 e. The number of aromatic nitrogens is 1. The quantitative estimate of drug-likeness (QED) is 0.149. The second-order valence-electron chi connectivity index (χ2n) is 9.28. The highest BCUT2D eigenvalue weighted by molar-refractivity contribution is 7.99. The molecule has 0 saturated carbocycles. The lowest BCUT2D eigenvalue weighted by Gasteiger charge is -2.24. The molecule has 1 unspecified atom stereocenters. The van der Waals surface area contributed by atoms with Crippen LogP contribution in [0.25, 0.3) is 22.0 Å². The number of alkyl halides is 6. The maximum atomic E-state index is 14.2. The SMILES string of the molecule is COc1ccc2cc(-c3ccc4c(c3)OCO4)n(C(CSc3cc(C(F)(F)F)cc(C(F)(F)F)c3)OC)c(=O)c2c1OC. The van der Waals surface area contributed by atoms with Gasteiger partial charge in [-0.15, -0.1) is 11.8 Å². The number of fused-ring (bicyclic) bond motifs is 2. The second kappa shape index (κ2) is 11.6. The number of ether oxygens (including phenoxy) is 5. The molecular weight excluding hydrogens is 604 g/mol. The molecule has 0 radical (unpaired) electrons. The highest BCUT2D eigenvalue weighted by Crippen LogP contribution is 2.41. The first kappa shape index (κ1) is 30.4. The van der Waals surface area contributed by atoms with Crippen molar-refractivity contribution in [1.29, 1.82) is 0 Å². The smallest absolute Gasteiger partial charge is 0.416 e. The molecule has 0 bridgehead atoms. The predicted molar refractivity (Wildman–Crippen MR) is 146 cm³/mol. The van der Waals surface area contributed by atoms with Crippen molar-refractivity contribution in [2.45, 2.75) is 23.5 Å². The first-order valence-electron chi connectivity index (χ1n) is 12.5. The summed E-state index contributed by atoms with van der Waals surface area (Å²) in [5.74, 6) is 1.11. The van der Waals surface area contributed by atoms with Crippen LogP contribution in [-0.2, 0) is 17.1 Å². The van der Waals surface area contributed by atoms with Crippen molar-refractivity contribution < 1.29 is 50.0 Å². The lowest BCUT2D eigenvalue weighted by Crippen LogP contribution is -2.29. The molecule has 1 aliphatic heterocycles. The second-order valence-corrected chi connectivity index (χ2v) is 10.4. The van der Waals surface area contributed by atoms with Gasteiger partial charge in [0.2, 0.25) is 6.79 Å². The highest BCUT2D eigenvalue weighted by Gasteiger charge is 2.37. The summed E-state index contributed by atoms with van der Waals surface area (Å²) in [6.45, 7) is 0.00848. The first-order chi connectivity index (χ1) is 20.3. The van der Waals surface area contributed by atoms with Gasteiger partial charge < -0.3 is 23.7 Å². The summed E-state index contributed by atoms with van der Waals surface area (Å²) in [5.41, 5.74) is -2.62. The Hall–Kier alpha value is -4.04. The van der Waals surface area contributed by atoms with Crippen LogP contribution in [0, 0.1) is 0 Å². The molecule has 3 aromatic carbocycles. The van der Waals surface area contributed by atoms with Crippen LogP contribution >= 0.6 is 11.8 Å². The van der Waals surface area contributed by atoms with Crippen molar-refractivity contribution in [3.63, 3.8) is 0 Å². The summed E-state index contributed by atoms with van der Waals surface area (Å²) < 4.78 is 109. The van der Waals surface area contributed by atoms with Crippen LogP contribution in [0.2, 0.25) is 0 Å². The molecule has 1 aliphatic rings. The molecule has 0 spiro atoms. The van der Waals surface area contributed by atoms with Crippen molar-refractivity contribution in [3.05, 3.63) is 76.1 Å². The van der Waals surface area contributed by atoms with Gasteiger partial charge in [-0.05, 0) is 53.9 Å². The van der Waals surface area contributed by atoms with Gasteiger partial charge in [-0.3, -0.25) is 9.36 Å². The number of rotatable bonds is 8. The van der Waals surface area contributed by atoms with Crippen molar-refractivity contribution >= 4 is 22.5 Å². The molecule has 5 rings (SSSR count). The Bertz CT molecular complexity index is 1700. The van der Waals surface area contributed by atoms with E-state index in [1.807, 2.05) is 0 Å². The summed E-state index contributed by atoms with van der Waals surface area (Å²) in [7, 11) is 4.05. The molecule has 0 saturated heterocycles. The van der Waals surface area contributed by atoms with Gasteiger partial charge in [0.1, 0.15) is 6.23 Å². The third-order valence-electron chi connectivity index (χ3n) is 6.74. The summed E-state index contributed by atoms with van der Waals surface area (Å²) in [4.78, 5) is 13.9. The number of halogens is 6. The van der Waals surface area contributed by atoms with Crippen LogP contribution in [0.5, 0.6) is 23.0 Å². The molecule has 4 aromatic rings. The van der Waals surface area contributed by atoms with E-state index in [0.717, 1.165) is 0 Å². The first-order valence-corrected chi connectivity index (χ1v) is 13.5. The fraction of sp³-hybridized carbons (Fsp3) is 0.276. The monoisotopic (exact) mass is 627 g/mol. The van der Waals surface area contributed by atoms with Crippen LogP contribution < -0.4 is 24.5 Å². The fourth-order valence-electron chi connectivity index (χ4n) is 4.72. The Morgan fingerprint density at radius 3 is 2.14 bits per heavy atom. The van der Waals surface area contributed by atoms with Crippen molar-refractivity contribution in [3.8, 4) is 34.3 Å². The molecule has 228 valence electrons. The fourth-order valence-corrected chi connectivity index (χ4v) is 5.76. The van der Waals surface area contributed by atoms with Gasteiger partial charge >= 0.3 is 12.4 Å². The van der Waals surface area contributed by atoms with E-state index in [2.05, 4.69) is 0 Å². The van der Waals surface area contributed by atoms with Crippen LogP contribution in [0.15, 0.2) is 64.3 Å². The zero-order chi connectivity index (χ0) is 31.1. The minimum Gasteiger partial charge on any atom is -0.493 e. The Labute approximate surface area is 244 Å². The summed E-state index contributed by atoms with van der Waals surface area (Å²) in [6.07, 6.45) is -11.2. The summed E-state index contributed by atoms with van der Waals surface area (Å²) in [5, 5.41) is 0.624. The molecule has 14 heteroatoms. The van der Waals surface area contributed by atoms with E-state index in [4.69, 9.17) is 23.7 Å². The summed E-state index contributed by atoms with van der Waals surface area (Å²) in [6, 6.07) is 11.3. The Balaban J connectivity index is 1.65. The number of methoxy groups -OCH3 is 3. The number of nitrogens with zero attached hydrogens (tertiary/aromatic N) is 1. The maximum Gasteiger partial charge on any atom is 0.416 e. The standard InChI is InChI=1S/C29H23F6NO6S/c1-38-22-7-5-16-8-20(15-4-6-21-23(9-15)42-14-41-21)36(27(37)25(16)26(22)40-3)24(39-2)13-43-19-11-17(28(30,31)32)10-18(12-19)29(33,34)35/h4-12,24H,13-14H2,1-3H3. The minimum absolute atomic E-state index is 0.00848. The average molecular weight is 628 g/mol. The molecule has 43 heavy (non-hydrogen) atoms. The van der Waals surface area contributed by atoms with Gasteiger partial charge in [-0.1, -0.05) is 6.07 Å². The van der Waals surface area contributed by atoms with E-state index < -0.39 is 35.3 Å². The van der Waals surface area contributed by atoms with Crippen LogP contribution in [0.4, 0.5) is 26.3 Å². The van der Waals surface area contributed by atoms with Crippen molar-refractivity contribution in [1.82, 2.24) is 4.57 Å². The Morgan fingerprint density at radius 1 is 0.860 bits per heavy atom. The van der Waals surface area contributed by atoms with Crippen LogP contribution in [-0.4, -0.2) is 38.4 Å². The summed E-state index contributed by atoms with van der Waals surface area (Å²) >= 11 is 0.679. The van der Waals surface area contributed by atoms with Crippen LogP contribution in [0.1, 0.15) is 17.4 Å². The Morgan fingerprint density at radius 2 is 1.53 bits per heavy atom. The lowest BCUT2D eigenvalue weighted by molar-refractivity contribution is -0.143. The van der Waals surface area contributed by atoms with Gasteiger partial charge in [0.15, 0.2) is 23.0 Å². The van der Waals surface area contributed by atoms with E-state index >= 15 is 0 Å².